The second-order valence-corrected chi connectivity index (χ2v) is 3.51. The molecule has 0 aromatic heterocycles. The molecule has 4 N–H and O–H groups in total. The van der Waals surface area contributed by atoms with Gasteiger partial charge < -0.3 is 16.4 Å². The van der Waals surface area contributed by atoms with Gasteiger partial charge in [-0.2, -0.15) is 0 Å². The fraction of sp³-hybridized carbons (Fsp3) is 0.400. The van der Waals surface area contributed by atoms with Crippen molar-refractivity contribution in [2.24, 2.45) is 0 Å². The molecule has 1 aromatic rings. The number of anilines is 3. The zero-order valence-corrected chi connectivity index (χ0v) is 9.30. The van der Waals surface area contributed by atoms with Crippen LogP contribution in [-0.4, -0.2) is 13.1 Å². The van der Waals surface area contributed by atoms with Gasteiger partial charge in [0.2, 0.25) is 0 Å². The van der Waals surface area contributed by atoms with Crippen LogP contribution in [0.15, 0.2) is 12.1 Å². The molecule has 4 heteroatoms. The first kappa shape index (κ1) is 11.0. The summed E-state index contributed by atoms with van der Waals surface area (Å²) < 4.78 is 0. The van der Waals surface area contributed by atoms with E-state index in [2.05, 4.69) is 18.7 Å². The topological polar surface area (TPSA) is 55.3 Å². The molecule has 0 atom stereocenters. The molecule has 1 aromatic carbocycles. The van der Waals surface area contributed by atoms with E-state index in [1.807, 2.05) is 6.07 Å². The standard InChI is InChI=1S/C10H16ClN3/c1-3-14(4-2)10-6-8(12)7(11)5-9(10)13/h5-6H,3-4,12-13H2,1-2H3. The first-order valence-corrected chi connectivity index (χ1v) is 5.07. The second-order valence-electron chi connectivity index (χ2n) is 3.10. The molecule has 0 unspecified atom stereocenters. The summed E-state index contributed by atoms with van der Waals surface area (Å²) in [6, 6.07) is 3.52. The van der Waals surface area contributed by atoms with Gasteiger partial charge in [0, 0.05) is 13.1 Å². The third-order valence-electron chi connectivity index (χ3n) is 2.25. The molecule has 78 valence electrons. The van der Waals surface area contributed by atoms with Gasteiger partial charge in [-0.15, -0.1) is 0 Å². The van der Waals surface area contributed by atoms with Crippen LogP contribution in [0, 0.1) is 0 Å². The molecule has 0 bridgehead atoms. The Morgan fingerprint density at radius 2 is 1.71 bits per heavy atom. The fourth-order valence-electron chi connectivity index (χ4n) is 1.43. The molecule has 14 heavy (non-hydrogen) atoms. The largest absolute Gasteiger partial charge is 0.397 e. The molecular weight excluding hydrogens is 198 g/mol. The van der Waals surface area contributed by atoms with Crippen molar-refractivity contribution in [3.05, 3.63) is 17.2 Å². The normalized spacial score (nSPS) is 10.2. The van der Waals surface area contributed by atoms with E-state index in [9.17, 15) is 0 Å². The third-order valence-corrected chi connectivity index (χ3v) is 2.58. The van der Waals surface area contributed by atoms with Crippen molar-refractivity contribution in [3.8, 4) is 0 Å². The molecule has 0 aliphatic heterocycles. The summed E-state index contributed by atoms with van der Waals surface area (Å²) in [5, 5.41) is 0.512. The fourth-order valence-corrected chi connectivity index (χ4v) is 1.60. The number of rotatable bonds is 3. The first-order chi connectivity index (χ1) is 6.60. The minimum Gasteiger partial charge on any atom is -0.397 e. The summed E-state index contributed by atoms with van der Waals surface area (Å²) in [6.07, 6.45) is 0. The van der Waals surface area contributed by atoms with Crippen LogP contribution in [0.1, 0.15) is 13.8 Å². The van der Waals surface area contributed by atoms with Gasteiger partial charge in [0.25, 0.3) is 0 Å². The number of hydrogen-bond acceptors (Lipinski definition) is 3. The highest BCUT2D eigenvalue weighted by molar-refractivity contribution is 6.33. The van der Waals surface area contributed by atoms with Gasteiger partial charge in [0.05, 0.1) is 22.1 Å². The summed E-state index contributed by atoms with van der Waals surface area (Å²) in [6.45, 7) is 5.96. The van der Waals surface area contributed by atoms with Crippen LogP contribution in [0.2, 0.25) is 5.02 Å². The van der Waals surface area contributed by atoms with Crippen molar-refractivity contribution in [1.29, 1.82) is 0 Å². The number of hydrogen-bond donors (Lipinski definition) is 2. The highest BCUT2D eigenvalue weighted by Gasteiger charge is 2.08. The zero-order chi connectivity index (χ0) is 10.7. The van der Waals surface area contributed by atoms with Gasteiger partial charge in [-0.1, -0.05) is 11.6 Å². The summed E-state index contributed by atoms with van der Waals surface area (Å²) in [5.41, 5.74) is 13.8. The lowest BCUT2D eigenvalue weighted by atomic mass is 10.2. The molecule has 0 fully saturated rings. The molecule has 0 spiro atoms. The van der Waals surface area contributed by atoms with E-state index in [4.69, 9.17) is 23.1 Å². The molecular formula is C10H16ClN3. The average Bonchev–Trinajstić information content (AvgIpc) is 2.15. The summed E-state index contributed by atoms with van der Waals surface area (Å²) in [7, 11) is 0. The van der Waals surface area contributed by atoms with E-state index in [0.717, 1.165) is 18.8 Å². The Bertz CT molecular complexity index is 321. The second kappa shape index (κ2) is 4.42. The van der Waals surface area contributed by atoms with E-state index in [1.54, 1.807) is 6.07 Å². The molecule has 0 aliphatic rings. The quantitative estimate of drug-likeness (QED) is 0.758. The van der Waals surface area contributed by atoms with E-state index in [-0.39, 0.29) is 0 Å². The minimum atomic E-state index is 0.512. The Labute approximate surface area is 89.6 Å². The smallest absolute Gasteiger partial charge is 0.0657 e. The van der Waals surface area contributed by atoms with E-state index < -0.39 is 0 Å². The zero-order valence-electron chi connectivity index (χ0n) is 8.55. The van der Waals surface area contributed by atoms with Crippen molar-refractivity contribution < 1.29 is 0 Å². The van der Waals surface area contributed by atoms with Crippen molar-refractivity contribution >= 4 is 28.7 Å². The molecule has 0 amide bonds. The first-order valence-electron chi connectivity index (χ1n) is 4.69. The molecule has 3 nitrogen and oxygen atoms in total. The van der Waals surface area contributed by atoms with E-state index in [1.165, 1.54) is 0 Å². The van der Waals surface area contributed by atoms with E-state index in [0.29, 0.717) is 16.4 Å². The number of nitrogens with zero attached hydrogens (tertiary/aromatic N) is 1. The van der Waals surface area contributed by atoms with Gasteiger partial charge in [-0.05, 0) is 26.0 Å². The van der Waals surface area contributed by atoms with Crippen molar-refractivity contribution in [1.82, 2.24) is 0 Å². The molecule has 0 saturated carbocycles. The maximum Gasteiger partial charge on any atom is 0.0657 e. The molecule has 0 heterocycles. The lowest BCUT2D eigenvalue weighted by Crippen LogP contribution is -2.23. The van der Waals surface area contributed by atoms with Gasteiger partial charge in [0.15, 0.2) is 0 Å². The third kappa shape index (κ3) is 2.04. The molecule has 0 aliphatic carbocycles. The van der Waals surface area contributed by atoms with Crippen LogP contribution >= 0.6 is 11.6 Å². The maximum absolute atomic E-state index is 5.86. The maximum atomic E-state index is 5.86. The molecule has 1 rings (SSSR count). The van der Waals surface area contributed by atoms with Crippen molar-refractivity contribution in [2.45, 2.75) is 13.8 Å². The minimum absolute atomic E-state index is 0.512. The molecule has 0 saturated heterocycles. The monoisotopic (exact) mass is 213 g/mol. The Hall–Kier alpha value is -1.09. The number of halogens is 1. The van der Waals surface area contributed by atoms with E-state index >= 15 is 0 Å². The lowest BCUT2D eigenvalue weighted by Gasteiger charge is -2.23. The average molecular weight is 214 g/mol. The number of nitrogens with two attached hydrogens (primary N) is 2. The predicted molar refractivity (Wildman–Crippen MR) is 63.8 cm³/mol. The van der Waals surface area contributed by atoms with Crippen molar-refractivity contribution in [3.63, 3.8) is 0 Å². The van der Waals surface area contributed by atoms with Crippen LogP contribution < -0.4 is 16.4 Å². The number of benzene rings is 1. The Morgan fingerprint density at radius 3 is 2.21 bits per heavy atom. The van der Waals surface area contributed by atoms with Gasteiger partial charge >= 0.3 is 0 Å². The van der Waals surface area contributed by atoms with Crippen LogP contribution in [0.5, 0.6) is 0 Å². The van der Waals surface area contributed by atoms with Gasteiger partial charge in [-0.3, -0.25) is 0 Å². The lowest BCUT2D eigenvalue weighted by molar-refractivity contribution is 0.868. The summed E-state index contributed by atoms with van der Waals surface area (Å²) in [5.74, 6) is 0. The van der Waals surface area contributed by atoms with Crippen molar-refractivity contribution in [2.75, 3.05) is 29.5 Å². The highest BCUT2D eigenvalue weighted by atomic mass is 35.5. The van der Waals surface area contributed by atoms with Crippen LogP contribution in [0.4, 0.5) is 17.1 Å². The highest BCUT2D eigenvalue weighted by Crippen LogP contribution is 2.31. The Kier molecular flexibility index (Phi) is 3.47. The SMILES string of the molecule is CCN(CC)c1cc(N)c(Cl)cc1N. The summed E-state index contributed by atoms with van der Waals surface area (Å²) >= 11 is 5.85. The molecule has 0 radical (unpaired) electrons. The van der Waals surface area contributed by atoms with Gasteiger partial charge in [-0.25, -0.2) is 0 Å². The van der Waals surface area contributed by atoms with Crippen LogP contribution in [0.25, 0.3) is 0 Å². The van der Waals surface area contributed by atoms with Crippen LogP contribution in [-0.2, 0) is 0 Å². The number of nitrogen functional groups attached to an aromatic ring is 2. The van der Waals surface area contributed by atoms with Gasteiger partial charge in [0.1, 0.15) is 0 Å². The van der Waals surface area contributed by atoms with Crippen LogP contribution in [0.3, 0.4) is 0 Å². The Balaban J connectivity index is 3.14. The predicted octanol–water partition coefficient (Wildman–Crippen LogP) is 2.35. The Morgan fingerprint density at radius 1 is 1.14 bits per heavy atom. The summed E-state index contributed by atoms with van der Waals surface area (Å²) in [4.78, 5) is 2.14.